The number of benzene rings is 1. The predicted molar refractivity (Wildman–Crippen MR) is 181 cm³/mol. The molecule has 0 fully saturated rings. The van der Waals surface area contributed by atoms with E-state index in [1.54, 1.807) is 54.7 Å². The van der Waals surface area contributed by atoms with E-state index in [2.05, 4.69) is 21.7 Å². The van der Waals surface area contributed by atoms with E-state index in [9.17, 15) is 23.9 Å². The summed E-state index contributed by atoms with van der Waals surface area (Å²) in [5.41, 5.74) is -1.06. The summed E-state index contributed by atoms with van der Waals surface area (Å²) in [5.74, 6) is 3.90. The molecule has 1 heterocycles. The Labute approximate surface area is 282 Å². The van der Waals surface area contributed by atoms with E-state index in [1.165, 1.54) is 21.9 Å². The summed E-state index contributed by atoms with van der Waals surface area (Å²) in [7, 11) is 5.58. The van der Waals surface area contributed by atoms with Crippen LogP contribution in [0.3, 0.4) is 0 Å². The number of aromatic nitrogens is 1. The molecule has 0 saturated carbocycles. The molecule has 11 nitrogen and oxygen atoms in total. The van der Waals surface area contributed by atoms with Crippen LogP contribution in [0.1, 0.15) is 88.2 Å². The van der Waals surface area contributed by atoms with Gasteiger partial charge in [0.15, 0.2) is 22.4 Å². The smallest absolute Gasteiger partial charge is 0.416 e. The molecule has 0 aliphatic rings. The summed E-state index contributed by atoms with van der Waals surface area (Å²) < 4.78 is 31.2. The number of rotatable bonds is 14. The zero-order chi connectivity index (χ0) is 35.4. The molecule has 260 valence electrons. The van der Waals surface area contributed by atoms with Crippen molar-refractivity contribution < 1.29 is 38.1 Å². The van der Waals surface area contributed by atoms with Gasteiger partial charge >= 0.3 is 18.2 Å². The van der Waals surface area contributed by atoms with Gasteiger partial charge in [0.05, 0.1) is 13.2 Å². The number of carbonyl (C=O) groups is 3. The first-order valence-electron chi connectivity index (χ1n) is 15.6. The second-order valence-corrected chi connectivity index (χ2v) is 14.4. The third kappa shape index (κ3) is 14.6. The Hall–Kier alpha value is -3.89. The number of anilines is 1. The lowest BCUT2D eigenvalue weighted by molar-refractivity contribution is 0.0320. The highest BCUT2D eigenvalue weighted by atomic mass is 32.1. The monoisotopic (exact) mass is 676 g/mol. The van der Waals surface area contributed by atoms with Crippen LogP contribution >= 0.6 is 11.3 Å². The summed E-state index contributed by atoms with van der Waals surface area (Å²) in [5, 5.41) is 10.1. The van der Waals surface area contributed by atoms with Crippen molar-refractivity contribution in [1.29, 1.82) is 0 Å². The number of carbonyl (C=O) groups excluding carboxylic acids is 2. The van der Waals surface area contributed by atoms with Gasteiger partial charge in [-0.25, -0.2) is 23.8 Å². The van der Waals surface area contributed by atoms with E-state index in [1.807, 2.05) is 14.1 Å². The van der Waals surface area contributed by atoms with Gasteiger partial charge in [-0.05, 0) is 106 Å². The topological polar surface area (TPSA) is 122 Å². The largest absolute Gasteiger partial charge is 0.491 e. The first kappa shape index (κ1) is 39.3. The molecule has 0 aliphatic carbocycles. The molecule has 0 unspecified atom stereocenters. The van der Waals surface area contributed by atoms with E-state index < -0.39 is 35.2 Å². The Morgan fingerprint density at radius 1 is 0.936 bits per heavy atom. The number of carboxylic acids is 1. The third-order valence-corrected chi connectivity index (χ3v) is 7.35. The molecule has 13 heteroatoms. The Bertz CT molecular complexity index is 1420. The van der Waals surface area contributed by atoms with E-state index in [0.29, 0.717) is 36.2 Å². The molecular weight excluding hydrogens is 627 g/mol. The lowest BCUT2D eigenvalue weighted by atomic mass is 10.2. The Morgan fingerprint density at radius 2 is 1.57 bits per heavy atom. The number of nitrogens with zero attached hydrogens (tertiary/aromatic N) is 4. The molecular formula is C34H49FN4O7S. The molecule has 0 spiro atoms. The number of unbranched alkanes of at least 4 members (excludes halogenated alkanes) is 2. The van der Waals surface area contributed by atoms with E-state index in [4.69, 9.17) is 14.2 Å². The minimum Gasteiger partial charge on any atom is -0.491 e. The Balaban J connectivity index is 2.03. The van der Waals surface area contributed by atoms with Crippen LogP contribution in [0.25, 0.3) is 0 Å². The number of aromatic carboxylic acids is 1. The van der Waals surface area contributed by atoms with E-state index in [-0.39, 0.29) is 29.7 Å². The van der Waals surface area contributed by atoms with Crippen LogP contribution in [0.15, 0.2) is 18.2 Å². The van der Waals surface area contributed by atoms with Crippen LogP contribution < -0.4 is 9.64 Å². The molecule has 2 amide bonds. The molecule has 1 aromatic carbocycles. The Kier molecular flexibility index (Phi) is 14.9. The van der Waals surface area contributed by atoms with E-state index >= 15 is 0 Å². The van der Waals surface area contributed by atoms with Gasteiger partial charge in [-0.2, -0.15) is 0 Å². The minimum absolute atomic E-state index is 0.0373. The summed E-state index contributed by atoms with van der Waals surface area (Å²) in [6, 6.07) is 4.34. The molecule has 0 saturated heterocycles. The fourth-order valence-electron chi connectivity index (χ4n) is 4.02. The van der Waals surface area contributed by atoms with Gasteiger partial charge in [0, 0.05) is 24.0 Å². The second kappa shape index (κ2) is 17.9. The van der Waals surface area contributed by atoms with Crippen molar-refractivity contribution in [2.24, 2.45) is 0 Å². The zero-order valence-corrected chi connectivity index (χ0v) is 29.9. The summed E-state index contributed by atoms with van der Waals surface area (Å²) in [4.78, 5) is 46.8. The number of thiazole rings is 1. The number of carboxylic acid groups (broad SMARTS) is 1. The fraction of sp³-hybridized carbons (Fsp3) is 0.588. The quantitative estimate of drug-likeness (QED) is 0.172. The minimum atomic E-state index is -1.20. The first-order valence-corrected chi connectivity index (χ1v) is 16.4. The lowest BCUT2D eigenvalue weighted by Gasteiger charge is -2.26. The number of amides is 2. The number of aryl methyl sites for hydroxylation is 1. The predicted octanol–water partition coefficient (Wildman–Crippen LogP) is 6.68. The van der Waals surface area contributed by atoms with Gasteiger partial charge in [-0.3, -0.25) is 4.90 Å². The number of hydrogen-bond acceptors (Lipinski definition) is 9. The molecule has 0 aliphatic heterocycles. The maximum absolute atomic E-state index is 14.7. The van der Waals surface area contributed by atoms with Crippen LogP contribution in [0.5, 0.6) is 5.75 Å². The van der Waals surface area contributed by atoms with Crippen molar-refractivity contribution in [3.05, 3.63) is 40.2 Å². The highest BCUT2D eigenvalue weighted by Crippen LogP contribution is 2.30. The number of halogens is 1. The van der Waals surface area contributed by atoms with Gasteiger partial charge in [0.1, 0.15) is 11.2 Å². The van der Waals surface area contributed by atoms with Gasteiger partial charge in [-0.1, -0.05) is 18.3 Å². The van der Waals surface area contributed by atoms with Crippen LogP contribution in [-0.4, -0.2) is 96.6 Å². The summed E-state index contributed by atoms with van der Waals surface area (Å²) in [6.07, 6.45) is 2.16. The number of ether oxygens (including phenoxy) is 3. The van der Waals surface area contributed by atoms with Crippen LogP contribution in [-0.2, 0) is 15.9 Å². The van der Waals surface area contributed by atoms with Gasteiger partial charge < -0.3 is 29.1 Å². The van der Waals surface area contributed by atoms with Gasteiger partial charge in [0.2, 0.25) is 0 Å². The maximum atomic E-state index is 14.7. The molecule has 1 aromatic heterocycles. The standard InChI is InChI=1S/C34H49FN4O7S/c1-33(2,3)45-31(42)38(9)20-13-15-24-17-18-26(25(35)23-24)44-22-14-16-27-28(29(40)41)36-30(47-27)39(32(43)46-34(4,5)6)21-12-10-11-19-37(7)8/h17-18,23H,10-12,14,16,19-22H2,1-9H3,(H,40,41). The van der Waals surface area contributed by atoms with E-state index in [0.717, 1.165) is 30.7 Å². The van der Waals surface area contributed by atoms with Crippen molar-refractivity contribution in [2.45, 2.75) is 84.8 Å². The molecule has 0 bridgehead atoms. The van der Waals surface area contributed by atoms with Crippen molar-refractivity contribution in [3.8, 4) is 17.6 Å². The highest BCUT2D eigenvalue weighted by Gasteiger charge is 2.28. The molecule has 1 N–H and O–H groups in total. The van der Waals surface area contributed by atoms with Gasteiger partial charge in [-0.15, -0.1) is 11.3 Å². The molecule has 2 rings (SSSR count). The van der Waals surface area contributed by atoms with Crippen molar-refractivity contribution in [1.82, 2.24) is 14.8 Å². The normalized spacial score (nSPS) is 11.5. The van der Waals surface area contributed by atoms with Crippen molar-refractivity contribution in [2.75, 3.05) is 52.3 Å². The average Bonchev–Trinajstić information content (AvgIpc) is 3.35. The molecule has 47 heavy (non-hydrogen) atoms. The summed E-state index contributed by atoms with van der Waals surface area (Å²) >= 11 is 1.13. The molecule has 0 radical (unpaired) electrons. The Morgan fingerprint density at radius 3 is 2.17 bits per heavy atom. The summed E-state index contributed by atoms with van der Waals surface area (Å²) in [6.45, 7) is 12.1. The second-order valence-electron chi connectivity index (χ2n) is 13.3. The number of hydrogen-bond donors (Lipinski definition) is 1. The van der Waals surface area contributed by atoms with Crippen molar-refractivity contribution >= 4 is 34.6 Å². The molecule has 2 aromatic rings. The van der Waals surface area contributed by atoms with Crippen LogP contribution in [0.4, 0.5) is 19.1 Å². The van der Waals surface area contributed by atoms with Crippen molar-refractivity contribution in [3.63, 3.8) is 0 Å². The maximum Gasteiger partial charge on any atom is 0.416 e. The fourth-order valence-corrected chi connectivity index (χ4v) is 5.13. The first-order chi connectivity index (χ1) is 21.9. The average molecular weight is 677 g/mol. The lowest BCUT2D eigenvalue weighted by Crippen LogP contribution is -2.37. The zero-order valence-electron chi connectivity index (χ0n) is 29.1. The SMILES string of the molecule is CN(C)CCCCCN(C(=O)OC(C)(C)C)c1nc(C(=O)O)c(CCCOc2ccc(C#CCN(C)C(=O)OC(C)(C)C)cc2F)s1. The van der Waals surface area contributed by atoms with Gasteiger partial charge in [0.25, 0.3) is 0 Å². The highest BCUT2D eigenvalue weighted by molar-refractivity contribution is 7.16. The molecule has 0 atom stereocenters. The van der Waals surface area contributed by atoms with Crippen LogP contribution in [0, 0.1) is 17.7 Å². The third-order valence-electron chi connectivity index (χ3n) is 6.21. The van der Waals surface area contributed by atoms with Crippen LogP contribution in [0.2, 0.25) is 0 Å².